The molecule has 21 heavy (non-hydrogen) atoms. The highest BCUT2D eigenvalue weighted by molar-refractivity contribution is 7.14. The molecule has 0 fully saturated rings. The van der Waals surface area contributed by atoms with Gasteiger partial charge in [-0.3, -0.25) is 0 Å². The molecule has 0 radical (unpaired) electrons. The van der Waals surface area contributed by atoms with E-state index >= 15 is 0 Å². The number of pyridine rings is 1. The van der Waals surface area contributed by atoms with Crippen LogP contribution in [0.3, 0.4) is 0 Å². The zero-order valence-electron chi connectivity index (χ0n) is 10.7. The van der Waals surface area contributed by atoms with Crippen molar-refractivity contribution in [2.24, 2.45) is 0 Å². The Kier molecular flexibility index (Phi) is 4.28. The Morgan fingerprint density at radius 1 is 1.29 bits per heavy atom. The van der Waals surface area contributed by atoms with E-state index in [0.29, 0.717) is 10.7 Å². The molecule has 0 aromatic carbocycles. The van der Waals surface area contributed by atoms with Crippen molar-refractivity contribution in [1.29, 1.82) is 0 Å². The topological polar surface area (TPSA) is 52.1 Å². The lowest BCUT2D eigenvalue weighted by Crippen LogP contribution is -2.05. The lowest BCUT2D eigenvalue weighted by Gasteiger charge is -2.02. The summed E-state index contributed by atoms with van der Waals surface area (Å²) in [6.07, 6.45) is 1.39. The average molecular weight is 337 g/mol. The van der Waals surface area contributed by atoms with Gasteiger partial charge < -0.3 is 4.74 Å². The number of rotatable bonds is 4. The highest BCUT2D eigenvalue weighted by atomic mass is 35.5. The van der Waals surface area contributed by atoms with E-state index in [1.54, 1.807) is 23.5 Å². The van der Waals surface area contributed by atoms with Gasteiger partial charge in [-0.1, -0.05) is 11.6 Å². The quantitative estimate of drug-likeness (QED) is 0.527. The SMILES string of the molecule is O=C(OCc1csc(-c2ccsc2)n1)c1ccc(Cl)nc1. The molecule has 0 aliphatic heterocycles. The molecule has 3 heterocycles. The molecule has 0 N–H and O–H groups in total. The third-order valence-electron chi connectivity index (χ3n) is 2.63. The lowest BCUT2D eigenvalue weighted by molar-refractivity contribution is 0.0468. The molecule has 0 aliphatic carbocycles. The number of nitrogens with zero attached hydrogens (tertiary/aromatic N) is 2. The first-order valence-electron chi connectivity index (χ1n) is 5.98. The monoisotopic (exact) mass is 336 g/mol. The number of hydrogen-bond acceptors (Lipinski definition) is 6. The summed E-state index contributed by atoms with van der Waals surface area (Å²) in [7, 11) is 0. The molecule has 4 nitrogen and oxygen atoms in total. The van der Waals surface area contributed by atoms with Crippen LogP contribution in [0.1, 0.15) is 16.1 Å². The molecule has 0 unspecified atom stereocenters. The van der Waals surface area contributed by atoms with Crippen molar-refractivity contribution in [2.75, 3.05) is 0 Å². The van der Waals surface area contributed by atoms with Crippen LogP contribution in [0.25, 0.3) is 10.6 Å². The fourth-order valence-corrected chi connectivity index (χ4v) is 3.24. The zero-order chi connectivity index (χ0) is 14.7. The first-order chi connectivity index (χ1) is 10.2. The van der Waals surface area contributed by atoms with Crippen LogP contribution in [-0.4, -0.2) is 15.9 Å². The molecule has 0 saturated carbocycles. The van der Waals surface area contributed by atoms with Gasteiger partial charge in [0.05, 0.1) is 11.3 Å². The number of carbonyl (C=O) groups is 1. The Balaban J connectivity index is 1.62. The fraction of sp³-hybridized carbons (Fsp3) is 0.0714. The van der Waals surface area contributed by atoms with Crippen molar-refractivity contribution in [3.05, 3.63) is 56.9 Å². The molecule has 0 atom stereocenters. The first kappa shape index (κ1) is 14.2. The summed E-state index contributed by atoms with van der Waals surface area (Å²) >= 11 is 8.82. The standard InChI is InChI=1S/C14H9ClN2O2S2/c15-12-2-1-9(5-16-12)14(18)19-6-11-8-21-13(17-11)10-3-4-20-7-10/h1-5,7-8H,6H2. The van der Waals surface area contributed by atoms with Crippen LogP contribution in [0.15, 0.2) is 40.5 Å². The minimum Gasteiger partial charge on any atom is -0.456 e. The highest BCUT2D eigenvalue weighted by Crippen LogP contribution is 2.25. The number of halogens is 1. The van der Waals surface area contributed by atoms with Gasteiger partial charge in [0.1, 0.15) is 16.8 Å². The summed E-state index contributed by atoms with van der Waals surface area (Å²) in [5.74, 6) is -0.441. The van der Waals surface area contributed by atoms with Crippen molar-refractivity contribution in [2.45, 2.75) is 6.61 Å². The molecule has 0 amide bonds. The van der Waals surface area contributed by atoms with E-state index in [9.17, 15) is 4.79 Å². The predicted molar refractivity (Wildman–Crippen MR) is 83.8 cm³/mol. The van der Waals surface area contributed by atoms with Crippen LogP contribution in [0.2, 0.25) is 5.15 Å². The van der Waals surface area contributed by atoms with Gasteiger partial charge in [0, 0.05) is 22.5 Å². The second kappa shape index (κ2) is 6.34. The number of thiazole rings is 1. The van der Waals surface area contributed by atoms with Crippen molar-refractivity contribution in [3.63, 3.8) is 0 Å². The second-order valence-corrected chi connectivity index (χ2v) is 6.13. The summed E-state index contributed by atoms with van der Waals surface area (Å²) in [6.45, 7) is 0.141. The van der Waals surface area contributed by atoms with Crippen LogP contribution < -0.4 is 0 Å². The fourth-order valence-electron chi connectivity index (χ4n) is 1.61. The molecule has 3 aromatic rings. The van der Waals surface area contributed by atoms with Crippen LogP contribution in [-0.2, 0) is 11.3 Å². The number of carbonyl (C=O) groups excluding carboxylic acids is 1. The third kappa shape index (κ3) is 3.47. The molecule has 7 heteroatoms. The summed E-state index contributed by atoms with van der Waals surface area (Å²) in [5, 5.41) is 7.19. The highest BCUT2D eigenvalue weighted by Gasteiger charge is 2.10. The maximum atomic E-state index is 11.8. The number of aromatic nitrogens is 2. The van der Waals surface area contributed by atoms with Crippen LogP contribution in [0, 0.1) is 0 Å². The molecule has 0 bridgehead atoms. The van der Waals surface area contributed by atoms with Gasteiger partial charge in [0.15, 0.2) is 0 Å². The van der Waals surface area contributed by atoms with E-state index in [0.717, 1.165) is 16.3 Å². The second-order valence-electron chi connectivity index (χ2n) is 4.10. The Morgan fingerprint density at radius 2 is 2.19 bits per heavy atom. The van der Waals surface area contributed by atoms with E-state index in [1.807, 2.05) is 22.2 Å². The number of esters is 1. The lowest BCUT2D eigenvalue weighted by atomic mass is 10.3. The summed E-state index contributed by atoms with van der Waals surface area (Å²) < 4.78 is 5.21. The summed E-state index contributed by atoms with van der Waals surface area (Å²) in [4.78, 5) is 20.1. The normalized spacial score (nSPS) is 10.5. The molecule has 0 aliphatic rings. The molecular formula is C14H9ClN2O2S2. The molecule has 0 spiro atoms. The van der Waals surface area contributed by atoms with Crippen molar-refractivity contribution < 1.29 is 9.53 Å². The van der Waals surface area contributed by atoms with Crippen molar-refractivity contribution >= 4 is 40.2 Å². The molecule has 3 rings (SSSR count). The number of ether oxygens (including phenoxy) is 1. The summed E-state index contributed by atoms with van der Waals surface area (Å²) in [6, 6.07) is 5.14. The smallest absolute Gasteiger partial charge is 0.340 e. The number of thiophene rings is 1. The minimum absolute atomic E-state index is 0.141. The Hall–Kier alpha value is -1.76. The van der Waals surface area contributed by atoms with Gasteiger partial charge in [-0.15, -0.1) is 11.3 Å². The molecule has 106 valence electrons. The Bertz CT molecular complexity index is 739. The van der Waals surface area contributed by atoms with Gasteiger partial charge in [-0.05, 0) is 23.6 Å². The van der Waals surface area contributed by atoms with E-state index < -0.39 is 5.97 Å². The van der Waals surface area contributed by atoms with E-state index in [4.69, 9.17) is 16.3 Å². The maximum Gasteiger partial charge on any atom is 0.340 e. The van der Waals surface area contributed by atoms with Crippen molar-refractivity contribution in [3.8, 4) is 10.6 Å². The largest absolute Gasteiger partial charge is 0.456 e. The Morgan fingerprint density at radius 3 is 2.90 bits per heavy atom. The van der Waals surface area contributed by atoms with Gasteiger partial charge in [-0.25, -0.2) is 14.8 Å². The van der Waals surface area contributed by atoms with Crippen LogP contribution in [0.5, 0.6) is 0 Å². The molecule has 3 aromatic heterocycles. The third-order valence-corrected chi connectivity index (χ3v) is 4.48. The van der Waals surface area contributed by atoms with E-state index in [-0.39, 0.29) is 6.61 Å². The van der Waals surface area contributed by atoms with Crippen LogP contribution in [0.4, 0.5) is 0 Å². The molecule has 0 saturated heterocycles. The zero-order valence-corrected chi connectivity index (χ0v) is 13.0. The van der Waals surface area contributed by atoms with Gasteiger partial charge in [0.2, 0.25) is 0 Å². The first-order valence-corrected chi connectivity index (χ1v) is 8.18. The minimum atomic E-state index is -0.441. The van der Waals surface area contributed by atoms with Gasteiger partial charge in [0.25, 0.3) is 0 Å². The summed E-state index contributed by atoms with van der Waals surface area (Å²) in [5.41, 5.74) is 2.19. The van der Waals surface area contributed by atoms with Gasteiger partial charge in [-0.2, -0.15) is 11.3 Å². The molecular weight excluding hydrogens is 328 g/mol. The van der Waals surface area contributed by atoms with E-state index in [2.05, 4.69) is 9.97 Å². The Labute approximate surface area is 134 Å². The van der Waals surface area contributed by atoms with Crippen molar-refractivity contribution in [1.82, 2.24) is 9.97 Å². The van der Waals surface area contributed by atoms with Gasteiger partial charge >= 0.3 is 5.97 Å². The maximum absolute atomic E-state index is 11.8. The van der Waals surface area contributed by atoms with E-state index in [1.165, 1.54) is 17.5 Å². The average Bonchev–Trinajstić information content (AvgIpc) is 3.16. The van der Waals surface area contributed by atoms with Crippen LogP contribution >= 0.6 is 34.3 Å². The predicted octanol–water partition coefficient (Wildman–Crippen LogP) is 4.28. The number of hydrogen-bond donors (Lipinski definition) is 0.